The van der Waals surface area contributed by atoms with Crippen LogP contribution in [0.5, 0.6) is 11.5 Å². The first-order valence-electron chi connectivity index (χ1n) is 10.9. The summed E-state index contributed by atoms with van der Waals surface area (Å²) >= 11 is 3.28. The van der Waals surface area contributed by atoms with Crippen molar-refractivity contribution in [1.82, 2.24) is 9.97 Å². The topological polar surface area (TPSA) is 73.3 Å². The molecule has 1 atom stereocenters. The van der Waals surface area contributed by atoms with Gasteiger partial charge in [0.25, 0.3) is 0 Å². The second-order valence-corrected chi connectivity index (χ2v) is 10.5. The number of hydrogen-bond acceptors (Lipinski definition) is 7. The van der Waals surface area contributed by atoms with Crippen molar-refractivity contribution in [3.05, 3.63) is 34.5 Å². The van der Waals surface area contributed by atoms with E-state index in [1.807, 2.05) is 0 Å². The number of rotatable bonds is 7. The number of hydrogen-bond donors (Lipinski definition) is 1. The lowest BCUT2D eigenvalue weighted by atomic mass is 9.89. The zero-order valence-corrected chi connectivity index (χ0v) is 20.8. The zero-order valence-electron chi connectivity index (χ0n) is 19.2. The maximum absolute atomic E-state index is 12.8. The van der Waals surface area contributed by atoms with E-state index in [0.717, 1.165) is 33.9 Å². The SMILES string of the molecule is COc1ccc(OC)c(NC(=O)CSc2nc(C(C)C)nc3sc4c(c23)CCC(C)C4)c1. The molecule has 6 nitrogen and oxygen atoms in total. The van der Waals surface area contributed by atoms with Gasteiger partial charge in [-0.2, -0.15) is 0 Å². The number of benzene rings is 1. The van der Waals surface area contributed by atoms with Crippen molar-refractivity contribution in [3.8, 4) is 11.5 Å². The molecular formula is C24H29N3O3S2. The molecule has 0 saturated heterocycles. The molecule has 1 amide bonds. The van der Waals surface area contributed by atoms with Crippen molar-refractivity contribution < 1.29 is 14.3 Å². The molecule has 2 heterocycles. The number of ether oxygens (including phenoxy) is 2. The maximum atomic E-state index is 12.8. The van der Waals surface area contributed by atoms with Crippen molar-refractivity contribution >= 4 is 44.9 Å². The number of nitrogens with zero attached hydrogens (tertiary/aromatic N) is 2. The summed E-state index contributed by atoms with van der Waals surface area (Å²) in [5.41, 5.74) is 1.98. The van der Waals surface area contributed by atoms with Gasteiger partial charge in [-0.05, 0) is 42.9 Å². The van der Waals surface area contributed by atoms with Crippen LogP contribution in [0.3, 0.4) is 0 Å². The number of carbonyl (C=O) groups excluding carboxylic acids is 1. The number of nitrogens with one attached hydrogen (secondary N) is 1. The van der Waals surface area contributed by atoms with Gasteiger partial charge in [-0.3, -0.25) is 4.79 Å². The fraction of sp³-hybridized carbons (Fsp3) is 0.458. The lowest BCUT2D eigenvalue weighted by Gasteiger charge is -2.18. The Morgan fingerprint density at radius 1 is 1.28 bits per heavy atom. The number of aromatic nitrogens is 2. The fourth-order valence-electron chi connectivity index (χ4n) is 3.92. The summed E-state index contributed by atoms with van der Waals surface area (Å²) in [5.74, 6) is 3.16. The van der Waals surface area contributed by atoms with Crippen LogP contribution in [0.2, 0.25) is 0 Å². The minimum absolute atomic E-state index is 0.114. The molecule has 0 spiro atoms. The van der Waals surface area contributed by atoms with Gasteiger partial charge in [-0.25, -0.2) is 9.97 Å². The Balaban J connectivity index is 1.59. The molecule has 1 aliphatic rings. The minimum atomic E-state index is -0.114. The summed E-state index contributed by atoms with van der Waals surface area (Å²) in [4.78, 5) is 25.0. The van der Waals surface area contributed by atoms with Gasteiger partial charge in [0, 0.05) is 22.2 Å². The zero-order chi connectivity index (χ0) is 22.8. The van der Waals surface area contributed by atoms with Crippen molar-refractivity contribution in [2.24, 2.45) is 5.92 Å². The number of thiophene rings is 1. The van der Waals surface area contributed by atoms with E-state index in [2.05, 4.69) is 26.1 Å². The number of anilines is 1. The van der Waals surface area contributed by atoms with E-state index in [0.29, 0.717) is 23.1 Å². The molecule has 0 fully saturated rings. The number of amides is 1. The van der Waals surface area contributed by atoms with Crippen LogP contribution in [0.25, 0.3) is 10.2 Å². The molecule has 1 unspecified atom stereocenters. The van der Waals surface area contributed by atoms with Crippen LogP contribution < -0.4 is 14.8 Å². The Bertz CT molecular complexity index is 1140. The van der Waals surface area contributed by atoms with Crippen molar-refractivity contribution in [2.45, 2.75) is 51.0 Å². The van der Waals surface area contributed by atoms with Crippen LogP contribution in [0.15, 0.2) is 23.2 Å². The molecule has 32 heavy (non-hydrogen) atoms. The Morgan fingerprint density at radius 2 is 2.09 bits per heavy atom. The van der Waals surface area contributed by atoms with Crippen LogP contribution in [0.4, 0.5) is 5.69 Å². The molecule has 2 aromatic heterocycles. The van der Waals surface area contributed by atoms with Crippen LogP contribution in [-0.2, 0) is 17.6 Å². The third kappa shape index (κ3) is 4.71. The lowest BCUT2D eigenvalue weighted by Crippen LogP contribution is -2.15. The van der Waals surface area contributed by atoms with E-state index in [1.54, 1.807) is 43.8 Å². The van der Waals surface area contributed by atoms with Gasteiger partial charge in [0.15, 0.2) is 0 Å². The van der Waals surface area contributed by atoms with Gasteiger partial charge < -0.3 is 14.8 Å². The Hall–Kier alpha value is -2.32. The predicted molar refractivity (Wildman–Crippen MR) is 132 cm³/mol. The average Bonchev–Trinajstić information content (AvgIpc) is 3.14. The molecule has 1 aliphatic carbocycles. The van der Waals surface area contributed by atoms with E-state index >= 15 is 0 Å². The third-order valence-corrected chi connectivity index (χ3v) is 7.80. The Labute approximate surface area is 197 Å². The smallest absolute Gasteiger partial charge is 0.234 e. The largest absolute Gasteiger partial charge is 0.497 e. The van der Waals surface area contributed by atoms with E-state index < -0.39 is 0 Å². The highest BCUT2D eigenvalue weighted by Gasteiger charge is 2.25. The van der Waals surface area contributed by atoms with Gasteiger partial charge in [0.2, 0.25) is 5.91 Å². The first kappa shape index (κ1) is 22.9. The molecule has 0 radical (unpaired) electrons. The molecular weight excluding hydrogens is 442 g/mol. The number of carbonyl (C=O) groups is 1. The van der Waals surface area contributed by atoms with Crippen molar-refractivity contribution in [3.63, 3.8) is 0 Å². The highest BCUT2D eigenvalue weighted by molar-refractivity contribution is 8.00. The van der Waals surface area contributed by atoms with E-state index in [9.17, 15) is 4.79 Å². The molecule has 1 N–H and O–H groups in total. The molecule has 1 aromatic carbocycles. The van der Waals surface area contributed by atoms with Crippen molar-refractivity contribution in [2.75, 3.05) is 25.3 Å². The lowest BCUT2D eigenvalue weighted by molar-refractivity contribution is -0.113. The average molecular weight is 472 g/mol. The quantitative estimate of drug-likeness (QED) is 0.353. The highest BCUT2D eigenvalue weighted by atomic mass is 32.2. The standard InChI is InChI=1S/C24H29N3O3S2/c1-13(2)22-26-23(21-16-8-6-14(3)10-19(16)32-24(21)27-22)31-12-20(28)25-17-11-15(29-4)7-9-18(17)30-5/h7,9,11,13-14H,6,8,10,12H2,1-5H3,(H,25,28). The van der Waals surface area contributed by atoms with E-state index in [1.165, 1.54) is 28.6 Å². The summed E-state index contributed by atoms with van der Waals surface area (Å²) in [6.07, 6.45) is 3.35. The first-order valence-corrected chi connectivity index (χ1v) is 12.7. The number of aryl methyl sites for hydroxylation is 1. The van der Waals surface area contributed by atoms with E-state index in [4.69, 9.17) is 19.4 Å². The molecule has 8 heteroatoms. The highest BCUT2D eigenvalue weighted by Crippen LogP contribution is 2.41. The first-order chi connectivity index (χ1) is 15.4. The summed E-state index contributed by atoms with van der Waals surface area (Å²) in [6.45, 7) is 6.52. The van der Waals surface area contributed by atoms with Crippen molar-refractivity contribution in [1.29, 1.82) is 0 Å². The molecule has 170 valence electrons. The van der Waals surface area contributed by atoms with Crippen LogP contribution in [-0.4, -0.2) is 35.8 Å². The second-order valence-electron chi connectivity index (χ2n) is 8.48. The molecule has 0 saturated carbocycles. The van der Waals surface area contributed by atoms with Gasteiger partial charge in [-0.15, -0.1) is 11.3 Å². The van der Waals surface area contributed by atoms with Crippen LogP contribution in [0, 0.1) is 5.92 Å². The number of thioether (sulfide) groups is 1. The Morgan fingerprint density at radius 3 is 2.81 bits per heavy atom. The van der Waals surface area contributed by atoms with Gasteiger partial charge >= 0.3 is 0 Å². The van der Waals surface area contributed by atoms with Gasteiger partial charge in [0.1, 0.15) is 27.2 Å². The molecule has 3 aromatic rings. The predicted octanol–water partition coefficient (Wildman–Crippen LogP) is 5.69. The summed E-state index contributed by atoms with van der Waals surface area (Å²) in [6, 6.07) is 5.34. The summed E-state index contributed by atoms with van der Waals surface area (Å²) < 4.78 is 10.6. The summed E-state index contributed by atoms with van der Waals surface area (Å²) in [5, 5.41) is 5.01. The number of fused-ring (bicyclic) bond motifs is 3. The molecule has 0 aliphatic heterocycles. The fourth-order valence-corrected chi connectivity index (χ4v) is 6.24. The molecule has 4 rings (SSSR count). The second kappa shape index (κ2) is 9.67. The normalized spacial score (nSPS) is 15.6. The monoisotopic (exact) mass is 471 g/mol. The van der Waals surface area contributed by atoms with Gasteiger partial charge in [0.05, 0.1) is 25.7 Å². The van der Waals surface area contributed by atoms with E-state index in [-0.39, 0.29) is 17.6 Å². The third-order valence-electron chi connectivity index (χ3n) is 5.68. The van der Waals surface area contributed by atoms with Crippen LogP contribution >= 0.6 is 23.1 Å². The maximum Gasteiger partial charge on any atom is 0.234 e. The minimum Gasteiger partial charge on any atom is -0.497 e. The van der Waals surface area contributed by atoms with Gasteiger partial charge in [-0.1, -0.05) is 32.5 Å². The summed E-state index contributed by atoms with van der Waals surface area (Å²) in [7, 11) is 3.18. The molecule has 0 bridgehead atoms. The number of methoxy groups -OCH3 is 2. The van der Waals surface area contributed by atoms with Crippen LogP contribution in [0.1, 0.15) is 49.4 Å². The Kier molecular flexibility index (Phi) is 6.90.